The summed E-state index contributed by atoms with van der Waals surface area (Å²) in [6, 6.07) is 6.83. The summed E-state index contributed by atoms with van der Waals surface area (Å²) in [5.41, 5.74) is 1.34. The fraction of sp³-hybridized carbons (Fsp3) is 0.565. The van der Waals surface area contributed by atoms with Crippen molar-refractivity contribution in [2.45, 2.75) is 45.4 Å². The van der Waals surface area contributed by atoms with Gasteiger partial charge in [-0.2, -0.15) is 0 Å². The number of hydrogen-bond acceptors (Lipinski definition) is 4. The molecule has 0 aliphatic carbocycles. The second-order valence-corrected chi connectivity index (χ2v) is 8.40. The molecular weight excluding hydrogens is 352 g/mol. The maximum Gasteiger partial charge on any atom is 0.289 e. The van der Waals surface area contributed by atoms with E-state index in [2.05, 4.69) is 4.90 Å². The van der Waals surface area contributed by atoms with E-state index in [4.69, 9.17) is 4.42 Å². The highest BCUT2D eigenvalue weighted by atomic mass is 16.3. The number of carbonyl (C=O) groups is 1. The van der Waals surface area contributed by atoms with Crippen LogP contribution in [0.3, 0.4) is 0 Å². The van der Waals surface area contributed by atoms with Gasteiger partial charge in [-0.25, -0.2) is 0 Å². The largest absolute Gasteiger partial charge is 0.451 e. The maximum absolute atomic E-state index is 12.9. The van der Waals surface area contributed by atoms with Gasteiger partial charge in [-0.05, 0) is 76.7 Å². The molecule has 28 heavy (non-hydrogen) atoms. The number of amides is 1. The van der Waals surface area contributed by atoms with Crippen LogP contribution < -0.4 is 5.43 Å². The molecule has 0 bridgehead atoms. The molecule has 2 aliphatic heterocycles. The molecule has 0 unspecified atom stereocenters. The summed E-state index contributed by atoms with van der Waals surface area (Å²) >= 11 is 0. The number of nitrogens with zero attached hydrogens (tertiary/aromatic N) is 2. The molecule has 5 nitrogen and oxygen atoms in total. The van der Waals surface area contributed by atoms with Gasteiger partial charge in [-0.1, -0.05) is 18.1 Å². The topological polar surface area (TPSA) is 53.8 Å². The summed E-state index contributed by atoms with van der Waals surface area (Å²) in [6.07, 6.45) is 7.36. The van der Waals surface area contributed by atoms with Crippen LogP contribution >= 0.6 is 0 Å². The molecule has 0 spiro atoms. The van der Waals surface area contributed by atoms with Gasteiger partial charge in [0.15, 0.2) is 11.2 Å². The van der Waals surface area contributed by atoms with E-state index in [1.165, 1.54) is 51.4 Å². The zero-order valence-electron chi connectivity index (χ0n) is 16.8. The lowest BCUT2D eigenvalue weighted by atomic mass is 9.93. The Morgan fingerprint density at radius 2 is 1.82 bits per heavy atom. The van der Waals surface area contributed by atoms with Crippen molar-refractivity contribution in [3.63, 3.8) is 0 Å². The first kappa shape index (κ1) is 19.2. The molecule has 0 N–H and O–H groups in total. The van der Waals surface area contributed by atoms with E-state index in [0.717, 1.165) is 31.5 Å². The molecule has 2 saturated heterocycles. The molecule has 1 amide bonds. The van der Waals surface area contributed by atoms with Crippen molar-refractivity contribution in [2.24, 2.45) is 5.92 Å². The van der Waals surface area contributed by atoms with Gasteiger partial charge in [0.1, 0.15) is 5.58 Å². The highest BCUT2D eigenvalue weighted by Gasteiger charge is 2.26. The van der Waals surface area contributed by atoms with Gasteiger partial charge in [0, 0.05) is 19.2 Å². The lowest BCUT2D eigenvalue weighted by molar-refractivity contribution is 0.0648. The zero-order valence-corrected chi connectivity index (χ0v) is 16.8. The van der Waals surface area contributed by atoms with Crippen molar-refractivity contribution in [3.8, 4) is 0 Å². The van der Waals surface area contributed by atoms with Crippen LogP contribution in [0.15, 0.2) is 33.5 Å². The normalized spacial score (nSPS) is 19.2. The molecule has 150 valence electrons. The molecule has 5 heteroatoms. The first-order chi connectivity index (χ1) is 13.6. The predicted octanol–water partition coefficient (Wildman–Crippen LogP) is 3.83. The Morgan fingerprint density at radius 1 is 1.07 bits per heavy atom. The Kier molecular flexibility index (Phi) is 5.81. The average Bonchev–Trinajstić information content (AvgIpc) is 2.73. The van der Waals surface area contributed by atoms with E-state index in [-0.39, 0.29) is 17.1 Å². The Morgan fingerprint density at radius 3 is 2.57 bits per heavy atom. The fourth-order valence-corrected chi connectivity index (χ4v) is 4.50. The summed E-state index contributed by atoms with van der Waals surface area (Å²) in [6.45, 7) is 7.12. The molecule has 4 rings (SSSR count). The van der Waals surface area contributed by atoms with E-state index in [1.807, 2.05) is 24.0 Å². The van der Waals surface area contributed by atoms with Crippen molar-refractivity contribution in [1.29, 1.82) is 0 Å². The van der Waals surface area contributed by atoms with Gasteiger partial charge in [-0.15, -0.1) is 0 Å². The van der Waals surface area contributed by atoms with Crippen molar-refractivity contribution in [3.05, 3.63) is 45.8 Å². The van der Waals surface area contributed by atoms with Gasteiger partial charge in [0.05, 0.1) is 5.39 Å². The minimum absolute atomic E-state index is 0.148. The minimum atomic E-state index is -0.158. The molecule has 0 saturated carbocycles. The number of piperidine rings is 2. The van der Waals surface area contributed by atoms with E-state index < -0.39 is 0 Å². The van der Waals surface area contributed by atoms with Crippen LogP contribution in [-0.2, 0) is 0 Å². The first-order valence-electron chi connectivity index (χ1n) is 10.7. The molecule has 0 atom stereocenters. The van der Waals surface area contributed by atoms with E-state index in [0.29, 0.717) is 16.9 Å². The second kappa shape index (κ2) is 8.48. The van der Waals surface area contributed by atoms with Crippen LogP contribution in [0.2, 0.25) is 0 Å². The molecule has 2 fully saturated rings. The molecule has 1 aromatic heterocycles. The average molecular weight is 383 g/mol. The Bertz CT molecular complexity index is 890. The number of benzene rings is 1. The number of rotatable bonds is 4. The quantitative estimate of drug-likeness (QED) is 0.806. The van der Waals surface area contributed by atoms with Gasteiger partial charge in [0.2, 0.25) is 0 Å². The first-order valence-corrected chi connectivity index (χ1v) is 10.7. The monoisotopic (exact) mass is 382 g/mol. The summed E-state index contributed by atoms with van der Waals surface area (Å²) in [7, 11) is 0. The van der Waals surface area contributed by atoms with Crippen LogP contribution in [0.1, 0.15) is 54.6 Å². The summed E-state index contributed by atoms with van der Waals surface area (Å²) in [5, 5.41) is 0.535. The van der Waals surface area contributed by atoms with Crippen LogP contribution in [0, 0.1) is 12.8 Å². The number of hydrogen-bond donors (Lipinski definition) is 0. The third-order valence-electron chi connectivity index (χ3n) is 6.30. The second-order valence-electron chi connectivity index (χ2n) is 8.40. The number of carbonyl (C=O) groups excluding carboxylic acids is 1. The number of aryl methyl sites for hydroxylation is 1. The van der Waals surface area contributed by atoms with Crippen LogP contribution in [-0.4, -0.2) is 48.4 Å². The Balaban J connectivity index is 1.35. The zero-order chi connectivity index (χ0) is 19.5. The van der Waals surface area contributed by atoms with E-state index in [9.17, 15) is 9.59 Å². The fourth-order valence-electron chi connectivity index (χ4n) is 4.50. The molecule has 2 aromatic rings. The van der Waals surface area contributed by atoms with Crippen LogP contribution in [0.5, 0.6) is 0 Å². The smallest absolute Gasteiger partial charge is 0.289 e. The SMILES string of the molecule is Cc1ccc2oc(C(=O)N3CCC(CCN4CCCCC4)CC3)cc(=O)c2c1. The predicted molar refractivity (Wildman–Crippen MR) is 111 cm³/mol. The van der Waals surface area contributed by atoms with Crippen molar-refractivity contribution >= 4 is 16.9 Å². The third-order valence-corrected chi connectivity index (χ3v) is 6.30. The van der Waals surface area contributed by atoms with E-state index >= 15 is 0 Å². The van der Waals surface area contributed by atoms with Crippen molar-refractivity contribution < 1.29 is 9.21 Å². The van der Waals surface area contributed by atoms with Gasteiger partial charge in [0.25, 0.3) is 5.91 Å². The lowest BCUT2D eigenvalue weighted by Gasteiger charge is -2.33. The molecule has 3 heterocycles. The summed E-state index contributed by atoms with van der Waals surface area (Å²) in [4.78, 5) is 29.7. The van der Waals surface area contributed by atoms with Crippen molar-refractivity contribution in [1.82, 2.24) is 9.80 Å². The standard InChI is InChI=1S/C23H30N2O3/c1-17-5-6-21-19(15-17)20(26)16-22(28-21)23(27)25-13-8-18(9-14-25)7-12-24-10-3-2-4-11-24/h5-6,15-16,18H,2-4,7-14H2,1H3. The molecule has 2 aliphatic rings. The van der Waals surface area contributed by atoms with Crippen LogP contribution in [0.4, 0.5) is 0 Å². The highest BCUT2D eigenvalue weighted by Crippen LogP contribution is 2.23. The minimum Gasteiger partial charge on any atom is -0.451 e. The van der Waals surface area contributed by atoms with Crippen LogP contribution in [0.25, 0.3) is 11.0 Å². The molecular formula is C23H30N2O3. The summed E-state index contributed by atoms with van der Waals surface area (Å²) < 4.78 is 5.77. The van der Waals surface area contributed by atoms with Gasteiger partial charge >= 0.3 is 0 Å². The van der Waals surface area contributed by atoms with Gasteiger partial charge < -0.3 is 14.2 Å². The van der Waals surface area contributed by atoms with E-state index in [1.54, 1.807) is 6.07 Å². The summed E-state index contributed by atoms with van der Waals surface area (Å²) in [5.74, 6) is 0.694. The van der Waals surface area contributed by atoms with Gasteiger partial charge in [-0.3, -0.25) is 9.59 Å². The lowest BCUT2D eigenvalue weighted by Crippen LogP contribution is -2.40. The maximum atomic E-state index is 12.9. The van der Waals surface area contributed by atoms with Crippen molar-refractivity contribution in [2.75, 3.05) is 32.7 Å². The Hall–Kier alpha value is -2.14. The third kappa shape index (κ3) is 4.30. The number of likely N-dealkylation sites (tertiary alicyclic amines) is 2. The highest BCUT2D eigenvalue weighted by molar-refractivity contribution is 5.93. The Labute approximate surface area is 166 Å². The molecule has 0 radical (unpaired) electrons. The molecule has 1 aromatic carbocycles. The number of fused-ring (bicyclic) bond motifs is 1.